The molecular formula is C18H23ClN2O. The summed E-state index contributed by atoms with van der Waals surface area (Å²) in [5.74, 6) is -0.0691. The van der Waals surface area contributed by atoms with E-state index in [0.717, 1.165) is 16.7 Å². The van der Waals surface area contributed by atoms with Crippen LogP contribution in [0.2, 0.25) is 0 Å². The minimum absolute atomic E-state index is 0. The second-order valence-corrected chi connectivity index (χ2v) is 5.57. The minimum atomic E-state index is -0.611. The maximum absolute atomic E-state index is 12.4. The molecule has 118 valence electrons. The number of benzene rings is 2. The molecule has 0 aliphatic carbocycles. The van der Waals surface area contributed by atoms with E-state index in [2.05, 4.69) is 6.07 Å². The van der Waals surface area contributed by atoms with E-state index in [4.69, 9.17) is 5.73 Å². The van der Waals surface area contributed by atoms with Crippen molar-refractivity contribution in [3.05, 3.63) is 70.8 Å². The summed E-state index contributed by atoms with van der Waals surface area (Å²) in [4.78, 5) is 14.1. The Balaban J connectivity index is 0.00000242. The predicted octanol–water partition coefficient (Wildman–Crippen LogP) is 3.38. The monoisotopic (exact) mass is 318 g/mol. The topological polar surface area (TPSA) is 46.3 Å². The van der Waals surface area contributed by atoms with Gasteiger partial charge in [0.2, 0.25) is 5.91 Å². The van der Waals surface area contributed by atoms with E-state index in [1.54, 1.807) is 11.9 Å². The number of rotatable bonds is 4. The fraction of sp³-hybridized carbons (Fsp3) is 0.278. The molecule has 1 amide bonds. The van der Waals surface area contributed by atoms with Crippen molar-refractivity contribution in [1.29, 1.82) is 0 Å². The summed E-state index contributed by atoms with van der Waals surface area (Å²) in [7, 11) is 1.79. The lowest BCUT2D eigenvalue weighted by atomic mass is 10.0. The Hall–Kier alpha value is -1.84. The molecule has 0 fully saturated rings. The Morgan fingerprint density at radius 2 is 1.73 bits per heavy atom. The lowest BCUT2D eigenvalue weighted by molar-refractivity contribution is -0.131. The third-order valence-electron chi connectivity index (χ3n) is 3.58. The molecule has 0 spiro atoms. The van der Waals surface area contributed by atoms with E-state index >= 15 is 0 Å². The van der Waals surface area contributed by atoms with Crippen LogP contribution in [0.3, 0.4) is 0 Å². The summed E-state index contributed by atoms with van der Waals surface area (Å²) in [6.07, 6.45) is 0. The van der Waals surface area contributed by atoms with Crippen LogP contribution in [0.25, 0.3) is 0 Å². The molecule has 0 heterocycles. The summed E-state index contributed by atoms with van der Waals surface area (Å²) >= 11 is 0. The average molecular weight is 319 g/mol. The number of nitrogens with zero attached hydrogens (tertiary/aromatic N) is 1. The largest absolute Gasteiger partial charge is 0.340 e. The number of hydrogen-bond donors (Lipinski definition) is 1. The van der Waals surface area contributed by atoms with E-state index < -0.39 is 6.04 Å². The zero-order valence-electron chi connectivity index (χ0n) is 13.2. The predicted molar refractivity (Wildman–Crippen MR) is 93.0 cm³/mol. The van der Waals surface area contributed by atoms with E-state index in [0.29, 0.717) is 6.54 Å². The zero-order chi connectivity index (χ0) is 15.4. The van der Waals surface area contributed by atoms with Gasteiger partial charge in [-0.1, -0.05) is 59.7 Å². The molecule has 2 N–H and O–H groups in total. The summed E-state index contributed by atoms with van der Waals surface area (Å²) < 4.78 is 0. The van der Waals surface area contributed by atoms with Crippen LogP contribution in [0.4, 0.5) is 0 Å². The van der Waals surface area contributed by atoms with Gasteiger partial charge in [-0.3, -0.25) is 4.79 Å². The molecular weight excluding hydrogens is 296 g/mol. The number of carbonyl (C=O) groups excluding carboxylic acids is 1. The van der Waals surface area contributed by atoms with Gasteiger partial charge in [-0.2, -0.15) is 0 Å². The first-order valence-corrected chi connectivity index (χ1v) is 7.10. The lowest BCUT2D eigenvalue weighted by Gasteiger charge is -2.22. The molecule has 2 aromatic rings. The van der Waals surface area contributed by atoms with E-state index in [9.17, 15) is 4.79 Å². The Morgan fingerprint density at radius 3 is 2.32 bits per heavy atom. The van der Waals surface area contributed by atoms with Crippen LogP contribution in [0, 0.1) is 13.8 Å². The number of carbonyl (C=O) groups is 1. The first-order chi connectivity index (χ1) is 9.97. The van der Waals surface area contributed by atoms with Crippen molar-refractivity contribution in [1.82, 2.24) is 4.90 Å². The van der Waals surface area contributed by atoms with E-state index in [-0.39, 0.29) is 18.3 Å². The van der Waals surface area contributed by atoms with Gasteiger partial charge in [0.1, 0.15) is 6.04 Å². The van der Waals surface area contributed by atoms with Gasteiger partial charge >= 0.3 is 0 Å². The fourth-order valence-corrected chi connectivity index (χ4v) is 2.32. The second kappa shape index (κ2) is 7.97. The van der Waals surface area contributed by atoms with Crippen molar-refractivity contribution in [2.24, 2.45) is 5.73 Å². The third-order valence-corrected chi connectivity index (χ3v) is 3.58. The number of hydrogen-bond acceptors (Lipinski definition) is 2. The highest BCUT2D eigenvalue weighted by Gasteiger charge is 2.19. The summed E-state index contributed by atoms with van der Waals surface area (Å²) in [6.45, 7) is 4.63. The number of amides is 1. The highest BCUT2D eigenvalue weighted by atomic mass is 35.5. The highest BCUT2D eigenvalue weighted by molar-refractivity contribution is 5.85. The number of aryl methyl sites for hydroxylation is 2. The van der Waals surface area contributed by atoms with E-state index in [1.165, 1.54) is 5.56 Å². The Kier molecular flexibility index (Phi) is 6.60. The van der Waals surface area contributed by atoms with Crippen molar-refractivity contribution in [3.8, 4) is 0 Å². The molecule has 2 rings (SSSR count). The van der Waals surface area contributed by atoms with Crippen LogP contribution >= 0.6 is 12.4 Å². The van der Waals surface area contributed by atoms with Gasteiger partial charge < -0.3 is 10.6 Å². The molecule has 0 saturated carbocycles. The maximum atomic E-state index is 12.4. The van der Waals surface area contributed by atoms with Crippen LogP contribution in [-0.2, 0) is 11.3 Å². The van der Waals surface area contributed by atoms with Gasteiger partial charge in [0.15, 0.2) is 0 Å². The Morgan fingerprint density at radius 1 is 1.09 bits per heavy atom. The Bertz CT molecular complexity index is 625. The molecule has 1 unspecified atom stereocenters. The molecule has 0 radical (unpaired) electrons. The lowest BCUT2D eigenvalue weighted by Crippen LogP contribution is -2.35. The van der Waals surface area contributed by atoms with Crippen molar-refractivity contribution in [2.75, 3.05) is 7.05 Å². The van der Waals surface area contributed by atoms with Gasteiger partial charge in [0.05, 0.1) is 0 Å². The van der Waals surface area contributed by atoms with Crippen LogP contribution in [0.15, 0.2) is 48.5 Å². The molecule has 1 atom stereocenters. The van der Waals surface area contributed by atoms with Crippen LogP contribution in [0.1, 0.15) is 28.3 Å². The molecule has 0 bridgehead atoms. The first kappa shape index (κ1) is 18.2. The quantitative estimate of drug-likeness (QED) is 0.939. The van der Waals surface area contributed by atoms with Crippen molar-refractivity contribution in [2.45, 2.75) is 26.4 Å². The molecule has 2 aromatic carbocycles. The second-order valence-electron chi connectivity index (χ2n) is 5.57. The summed E-state index contributed by atoms with van der Waals surface area (Å²) in [6, 6.07) is 15.3. The maximum Gasteiger partial charge on any atom is 0.244 e. The molecule has 0 aliphatic rings. The highest BCUT2D eigenvalue weighted by Crippen LogP contribution is 2.15. The fourth-order valence-electron chi connectivity index (χ4n) is 2.32. The van der Waals surface area contributed by atoms with Gasteiger partial charge in [0.25, 0.3) is 0 Å². The third kappa shape index (κ3) is 4.58. The first-order valence-electron chi connectivity index (χ1n) is 7.10. The van der Waals surface area contributed by atoms with Gasteiger partial charge in [-0.25, -0.2) is 0 Å². The molecule has 0 saturated heterocycles. The van der Waals surface area contributed by atoms with Gasteiger partial charge in [-0.05, 0) is 25.0 Å². The van der Waals surface area contributed by atoms with Crippen LogP contribution in [-0.4, -0.2) is 17.9 Å². The molecule has 4 heteroatoms. The summed E-state index contributed by atoms with van der Waals surface area (Å²) in [5.41, 5.74) is 10.4. The van der Waals surface area contributed by atoms with Gasteiger partial charge in [-0.15, -0.1) is 12.4 Å². The van der Waals surface area contributed by atoms with Crippen LogP contribution < -0.4 is 5.73 Å². The normalized spacial score (nSPS) is 11.5. The zero-order valence-corrected chi connectivity index (χ0v) is 14.1. The van der Waals surface area contributed by atoms with Crippen molar-refractivity contribution >= 4 is 18.3 Å². The van der Waals surface area contributed by atoms with Crippen molar-refractivity contribution < 1.29 is 4.79 Å². The van der Waals surface area contributed by atoms with E-state index in [1.807, 2.05) is 56.3 Å². The molecule has 0 aromatic heterocycles. The SMILES string of the molecule is Cc1ccc(C(N)C(=O)N(C)Cc2cccc(C)c2)cc1.Cl. The molecule has 22 heavy (non-hydrogen) atoms. The summed E-state index contributed by atoms with van der Waals surface area (Å²) in [5, 5.41) is 0. The Labute approximate surface area is 138 Å². The minimum Gasteiger partial charge on any atom is -0.340 e. The van der Waals surface area contributed by atoms with Crippen molar-refractivity contribution in [3.63, 3.8) is 0 Å². The molecule has 3 nitrogen and oxygen atoms in total. The number of nitrogens with two attached hydrogens (primary N) is 1. The molecule has 0 aliphatic heterocycles. The van der Waals surface area contributed by atoms with Crippen LogP contribution in [0.5, 0.6) is 0 Å². The number of likely N-dealkylation sites (N-methyl/N-ethyl adjacent to an activating group) is 1. The smallest absolute Gasteiger partial charge is 0.244 e. The average Bonchev–Trinajstić information content (AvgIpc) is 2.46. The number of halogens is 1. The van der Waals surface area contributed by atoms with Gasteiger partial charge in [0, 0.05) is 13.6 Å². The standard InChI is InChI=1S/C18H22N2O.ClH/c1-13-7-9-16(10-8-13)17(19)18(21)20(3)12-15-6-4-5-14(2)11-15;/h4-11,17H,12,19H2,1-3H3;1H.